The van der Waals surface area contributed by atoms with Gasteiger partial charge in [-0.15, -0.1) is 0 Å². The zero-order valence-electron chi connectivity index (χ0n) is 11.0. The van der Waals surface area contributed by atoms with Gasteiger partial charge in [0.25, 0.3) is 5.91 Å². The highest BCUT2D eigenvalue weighted by molar-refractivity contribution is 7.94. The van der Waals surface area contributed by atoms with Crippen molar-refractivity contribution in [3.63, 3.8) is 0 Å². The van der Waals surface area contributed by atoms with E-state index < -0.39 is 15.9 Å². The van der Waals surface area contributed by atoms with Crippen LogP contribution in [-0.2, 0) is 16.4 Å². The van der Waals surface area contributed by atoms with Crippen molar-refractivity contribution in [1.82, 2.24) is 15.1 Å². The van der Waals surface area contributed by atoms with Gasteiger partial charge >= 0.3 is 0 Å². The number of carbonyl (C=O) groups is 1. The number of nitrogens with zero attached hydrogens (tertiary/aromatic N) is 2. The largest absolute Gasteiger partial charge is 0.345 e. The van der Waals surface area contributed by atoms with Gasteiger partial charge < -0.3 is 5.32 Å². The molecule has 0 saturated heterocycles. The summed E-state index contributed by atoms with van der Waals surface area (Å²) in [5.74, 6) is -0.354. The quantitative estimate of drug-likeness (QED) is 0.879. The van der Waals surface area contributed by atoms with Gasteiger partial charge in [-0.3, -0.25) is 9.48 Å². The molecular weight excluding hydrogens is 266 g/mol. The molecule has 1 N–H and O–H groups in total. The third-order valence-corrected chi connectivity index (χ3v) is 4.29. The van der Waals surface area contributed by atoms with Crippen LogP contribution in [0.15, 0.2) is 17.7 Å². The maximum atomic E-state index is 12.1. The Morgan fingerprint density at radius 1 is 1.58 bits per heavy atom. The first-order chi connectivity index (χ1) is 8.91. The van der Waals surface area contributed by atoms with E-state index in [0.29, 0.717) is 11.3 Å². The average Bonchev–Trinajstić information content (AvgIpc) is 2.82. The minimum Gasteiger partial charge on any atom is -0.345 e. The summed E-state index contributed by atoms with van der Waals surface area (Å²) in [5, 5.41) is 8.08. The summed E-state index contributed by atoms with van der Waals surface area (Å²) in [4.78, 5) is 12.1. The fraction of sp³-hybridized carbons (Fsp3) is 0.500. The summed E-state index contributed by atoms with van der Waals surface area (Å²) >= 11 is 0. The Hall–Kier alpha value is -1.63. The lowest BCUT2D eigenvalue weighted by Gasteiger charge is -2.08. The Morgan fingerprint density at radius 3 is 2.89 bits per heavy atom. The van der Waals surface area contributed by atoms with E-state index in [0.717, 1.165) is 18.4 Å². The summed E-state index contributed by atoms with van der Waals surface area (Å²) in [6.07, 6.45) is 4.13. The van der Waals surface area contributed by atoms with Crippen molar-refractivity contribution in [1.29, 1.82) is 0 Å². The van der Waals surface area contributed by atoms with Crippen LogP contribution in [0.4, 0.5) is 0 Å². The molecule has 0 saturated carbocycles. The lowest BCUT2D eigenvalue weighted by Crippen LogP contribution is -2.35. The van der Waals surface area contributed by atoms with E-state index in [1.54, 1.807) is 17.8 Å². The zero-order valence-corrected chi connectivity index (χ0v) is 11.8. The van der Waals surface area contributed by atoms with Gasteiger partial charge in [-0.2, -0.15) is 5.10 Å². The van der Waals surface area contributed by atoms with Crippen LogP contribution in [0.3, 0.4) is 0 Å². The van der Waals surface area contributed by atoms with E-state index in [1.165, 1.54) is 6.08 Å². The minimum absolute atomic E-state index is 0.0686. The van der Waals surface area contributed by atoms with E-state index in [1.807, 2.05) is 6.92 Å². The molecule has 7 heteroatoms. The molecule has 0 bridgehead atoms. The number of rotatable bonds is 4. The van der Waals surface area contributed by atoms with Crippen LogP contribution in [0.25, 0.3) is 0 Å². The molecule has 1 aliphatic rings. The summed E-state index contributed by atoms with van der Waals surface area (Å²) in [6.45, 7) is 4.55. The monoisotopic (exact) mass is 283 g/mol. The molecule has 1 atom stereocenters. The van der Waals surface area contributed by atoms with Crippen LogP contribution >= 0.6 is 0 Å². The highest BCUT2D eigenvalue weighted by atomic mass is 32.2. The molecule has 0 aliphatic carbocycles. The SMILES string of the molecule is CCCn1cc(C(=O)N[C@H]2C=CS(=O)(=O)C2)c(C)n1. The van der Waals surface area contributed by atoms with E-state index in [9.17, 15) is 13.2 Å². The van der Waals surface area contributed by atoms with Gasteiger partial charge in [-0.25, -0.2) is 8.42 Å². The average molecular weight is 283 g/mol. The Morgan fingerprint density at radius 2 is 2.32 bits per heavy atom. The van der Waals surface area contributed by atoms with Crippen LogP contribution < -0.4 is 5.32 Å². The molecule has 0 spiro atoms. The van der Waals surface area contributed by atoms with Crippen LogP contribution in [0.5, 0.6) is 0 Å². The molecule has 104 valence electrons. The van der Waals surface area contributed by atoms with Crippen LogP contribution in [0.1, 0.15) is 29.4 Å². The van der Waals surface area contributed by atoms with Gasteiger partial charge in [0.05, 0.1) is 23.1 Å². The lowest BCUT2D eigenvalue weighted by atomic mass is 10.2. The summed E-state index contributed by atoms with van der Waals surface area (Å²) in [5.41, 5.74) is 1.14. The lowest BCUT2D eigenvalue weighted by molar-refractivity contribution is 0.0947. The number of aromatic nitrogens is 2. The minimum atomic E-state index is -3.15. The third kappa shape index (κ3) is 3.23. The second-order valence-corrected chi connectivity index (χ2v) is 6.56. The topological polar surface area (TPSA) is 81.1 Å². The summed E-state index contributed by atoms with van der Waals surface area (Å²) < 4.78 is 24.2. The Bertz CT molecular complexity index is 616. The maximum absolute atomic E-state index is 12.1. The molecule has 0 radical (unpaired) electrons. The van der Waals surface area contributed by atoms with E-state index in [4.69, 9.17) is 0 Å². The number of hydrogen-bond acceptors (Lipinski definition) is 4. The standard InChI is InChI=1S/C12H17N3O3S/c1-3-5-15-7-11(9(2)14-15)12(16)13-10-4-6-19(17,18)8-10/h4,6-7,10H,3,5,8H2,1-2H3,(H,13,16)/t10-/m0/s1. The van der Waals surface area contributed by atoms with Crippen molar-refractivity contribution in [3.05, 3.63) is 28.9 Å². The Labute approximate surface area is 112 Å². The van der Waals surface area contributed by atoms with Crippen molar-refractivity contribution >= 4 is 15.7 Å². The number of hydrogen-bond donors (Lipinski definition) is 1. The normalized spacial score (nSPS) is 20.6. The molecule has 1 aromatic rings. The van der Waals surface area contributed by atoms with E-state index >= 15 is 0 Å². The molecule has 2 heterocycles. The first-order valence-electron chi connectivity index (χ1n) is 6.17. The highest BCUT2D eigenvalue weighted by Crippen LogP contribution is 2.11. The molecule has 1 amide bonds. The van der Waals surface area contributed by atoms with Gasteiger partial charge in [-0.05, 0) is 19.4 Å². The van der Waals surface area contributed by atoms with Gasteiger partial charge in [0.1, 0.15) is 0 Å². The maximum Gasteiger partial charge on any atom is 0.255 e. The first kappa shape index (κ1) is 13.8. The number of nitrogens with one attached hydrogen (secondary N) is 1. The van der Waals surface area contributed by atoms with Crippen LogP contribution in [0, 0.1) is 6.92 Å². The highest BCUT2D eigenvalue weighted by Gasteiger charge is 2.24. The van der Waals surface area contributed by atoms with Crippen molar-refractivity contribution in [2.24, 2.45) is 0 Å². The smallest absolute Gasteiger partial charge is 0.255 e. The predicted octanol–water partition coefficient (Wildman–Crippen LogP) is 0.642. The Kier molecular flexibility index (Phi) is 3.75. The number of aryl methyl sites for hydroxylation is 2. The summed E-state index contributed by atoms with van der Waals surface area (Å²) in [7, 11) is -3.15. The molecule has 1 aromatic heterocycles. The third-order valence-electron chi connectivity index (χ3n) is 2.89. The summed E-state index contributed by atoms with van der Waals surface area (Å²) in [6, 6.07) is -0.452. The fourth-order valence-electron chi connectivity index (χ4n) is 2.00. The number of amides is 1. The van der Waals surface area contributed by atoms with Gasteiger partial charge in [0, 0.05) is 18.1 Å². The molecular formula is C12H17N3O3S. The first-order valence-corrected chi connectivity index (χ1v) is 7.88. The Balaban J connectivity index is 2.06. The second-order valence-electron chi connectivity index (χ2n) is 4.63. The van der Waals surface area contributed by atoms with Gasteiger partial charge in [-0.1, -0.05) is 6.92 Å². The molecule has 1 aliphatic heterocycles. The predicted molar refractivity (Wildman–Crippen MR) is 71.4 cm³/mol. The van der Waals surface area contributed by atoms with Crippen LogP contribution in [-0.4, -0.2) is 35.9 Å². The molecule has 0 unspecified atom stereocenters. The molecule has 2 rings (SSSR count). The zero-order chi connectivity index (χ0) is 14.0. The van der Waals surface area contributed by atoms with E-state index in [2.05, 4.69) is 10.4 Å². The van der Waals surface area contributed by atoms with Crippen molar-refractivity contribution in [2.75, 3.05) is 5.75 Å². The number of sulfone groups is 1. The van der Waals surface area contributed by atoms with Crippen molar-refractivity contribution < 1.29 is 13.2 Å². The van der Waals surface area contributed by atoms with Gasteiger partial charge in [0.15, 0.2) is 9.84 Å². The molecule has 6 nitrogen and oxygen atoms in total. The van der Waals surface area contributed by atoms with Crippen molar-refractivity contribution in [2.45, 2.75) is 32.9 Å². The van der Waals surface area contributed by atoms with Crippen LogP contribution in [0.2, 0.25) is 0 Å². The molecule has 0 aromatic carbocycles. The second kappa shape index (κ2) is 5.16. The molecule has 19 heavy (non-hydrogen) atoms. The van der Waals surface area contributed by atoms with E-state index in [-0.39, 0.29) is 11.7 Å². The molecule has 0 fully saturated rings. The number of carbonyl (C=O) groups excluding carboxylic acids is 1. The van der Waals surface area contributed by atoms with Gasteiger partial charge in [0.2, 0.25) is 0 Å². The van der Waals surface area contributed by atoms with Crippen molar-refractivity contribution in [3.8, 4) is 0 Å². The fourth-order valence-corrected chi connectivity index (χ4v) is 3.23.